The molecule has 7 heteroatoms. The molecule has 0 radical (unpaired) electrons. The lowest BCUT2D eigenvalue weighted by Gasteiger charge is -2.39. The Balaban J connectivity index is 1.57. The van der Waals surface area contributed by atoms with Crippen LogP contribution in [0.3, 0.4) is 0 Å². The van der Waals surface area contributed by atoms with Crippen LogP contribution >= 0.6 is 0 Å². The van der Waals surface area contributed by atoms with Crippen LogP contribution in [-0.4, -0.2) is 57.4 Å². The van der Waals surface area contributed by atoms with Gasteiger partial charge in [0.25, 0.3) is 0 Å². The van der Waals surface area contributed by atoms with Gasteiger partial charge >= 0.3 is 0 Å². The topological polar surface area (TPSA) is 79.5 Å². The van der Waals surface area contributed by atoms with Crippen LogP contribution in [-0.2, 0) is 16.0 Å². The molecule has 2 aliphatic rings. The van der Waals surface area contributed by atoms with Crippen molar-refractivity contribution in [3.05, 3.63) is 11.7 Å². The molecule has 3 rings (SSSR count). The number of piperidine rings is 1. The maximum absolute atomic E-state index is 12.4. The smallest absolute Gasteiger partial charge is 0.229 e. The van der Waals surface area contributed by atoms with Gasteiger partial charge in [-0.2, -0.15) is 4.98 Å². The Labute approximate surface area is 155 Å². The van der Waals surface area contributed by atoms with Crippen LogP contribution in [0.15, 0.2) is 4.52 Å². The number of hydrogen-bond acceptors (Lipinski definition) is 5. The number of carbonyl (C=O) groups excluding carboxylic acids is 2. The SMILES string of the molecule is CC(=O)N(CCc1noc(C(C)C)n1)C1CCCN(C(=O)CC2CC2)C1. The van der Waals surface area contributed by atoms with Gasteiger partial charge in [0, 0.05) is 51.4 Å². The summed E-state index contributed by atoms with van der Waals surface area (Å²) in [5.74, 6) is 2.35. The molecule has 1 aromatic rings. The number of carbonyl (C=O) groups is 2. The van der Waals surface area contributed by atoms with Crippen molar-refractivity contribution in [1.29, 1.82) is 0 Å². The zero-order valence-corrected chi connectivity index (χ0v) is 16.1. The van der Waals surface area contributed by atoms with Gasteiger partial charge < -0.3 is 14.3 Å². The number of aromatic nitrogens is 2. The van der Waals surface area contributed by atoms with Gasteiger partial charge in [-0.05, 0) is 31.6 Å². The quantitative estimate of drug-likeness (QED) is 0.744. The third kappa shape index (κ3) is 4.83. The fraction of sp³-hybridized carbons (Fsp3) is 0.789. The number of rotatable bonds is 7. The Kier molecular flexibility index (Phi) is 5.94. The van der Waals surface area contributed by atoms with E-state index in [-0.39, 0.29) is 23.8 Å². The molecule has 144 valence electrons. The number of hydrogen-bond donors (Lipinski definition) is 0. The average molecular weight is 362 g/mol. The zero-order chi connectivity index (χ0) is 18.7. The highest BCUT2D eigenvalue weighted by Crippen LogP contribution is 2.33. The van der Waals surface area contributed by atoms with Crippen molar-refractivity contribution in [3.63, 3.8) is 0 Å². The molecule has 1 aromatic heterocycles. The molecule has 1 atom stereocenters. The second kappa shape index (κ2) is 8.18. The van der Waals surface area contributed by atoms with Gasteiger partial charge in [-0.3, -0.25) is 9.59 Å². The van der Waals surface area contributed by atoms with Crippen molar-refractivity contribution in [3.8, 4) is 0 Å². The second-order valence-electron chi connectivity index (χ2n) is 7.95. The molecule has 0 spiro atoms. The average Bonchev–Trinajstić information content (AvgIpc) is 3.28. The van der Waals surface area contributed by atoms with E-state index in [0.29, 0.717) is 43.6 Å². The van der Waals surface area contributed by atoms with Gasteiger partial charge in [-0.1, -0.05) is 19.0 Å². The molecule has 0 bridgehead atoms. The van der Waals surface area contributed by atoms with Gasteiger partial charge in [-0.25, -0.2) is 0 Å². The lowest BCUT2D eigenvalue weighted by Crippen LogP contribution is -2.51. The molecule has 7 nitrogen and oxygen atoms in total. The van der Waals surface area contributed by atoms with Crippen molar-refractivity contribution in [1.82, 2.24) is 19.9 Å². The van der Waals surface area contributed by atoms with E-state index >= 15 is 0 Å². The number of nitrogens with zero attached hydrogens (tertiary/aromatic N) is 4. The predicted octanol–water partition coefficient (Wildman–Crippen LogP) is 2.38. The minimum Gasteiger partial charge on any atom is -0.341 e. The minimum absolute atomic E-state index is 0.0408. The summed E-state index contributed by atoms with van der Waals surface area (Å²) in [6, 6.07) is 0.0841. The monoisotopic (exact) mass is 362 g/mol. The van der Waals surface area contributed by atoms with Crippen LogP contribution in [0.25, 0.3) is 0 Å². The summed E-state index contributed by atoms with van der Waals surface area (Å²) >= 11 is 0. The van der Waals surface area contributed by atoms with E-state index in [1.54, 1.807) is 6.92 Å². The molecule has 26 heavy (non-hydrogen) atoms. The molecule has 2 heterocycles. The third-order valence-corrected chi connectivity index (χ3v) is 5.31. The molecule has 1 aliphatic heterocycles. The van der Waals surface area contributed by atoms with E-state index in [2.05, 4.69) is 10.1 Å². The maximum atomic E-state index is 12.4. The van der Waals surface area contributed by atoms with E-state index in [0.717, 1.165) is 19.4 Å². The van der Waals surface area contributed by atoms with Crippen LogP contribution in [0.5, 0.6) is 0 Å². The molecule has 1 saturated carbocycles. The normalized spacial score (nSPS) is 20.5. The standard InChI is InChI=1S/C19H30N4O3/c1-13(2)19-20-17(21-26-19)8-10-23(14(3)24)16-5-4-9-22(12-16)18(25)11-15-6-7-15/h13,15-16H,4-12H2,1-3H3. The molecule has 2 amide bonds. The Hall–Kier alpha value is -1.92. The summed E-state index contributed by atoms with van der Waals surface area (Å²) in [7, 11) is 0. The number of amides is 2. The molecule has 1 aliphatic carbocycles. The third-order valence-electron chi connectivity index (χ3n) is 5.31. The predicted molar refractivity (Wildman–Crippen MR) is 96.4 cm³/mol. The molecular weight excluding hydrogens is 332 g/mol. The summed E-state index contributed by atoms with van der Waals surface area (Å²) in [4.78, 5) is 32.8. The van der Waals surface area contributed by atoms with Crippen molar-refractivity contribution in [2.45, 2.75) is 71.3 Å². The highest BCUT2D eigenvalue weighted by Gasteiger charge is 2.32. The maximum Gasteiger partial charge on any atom is 0.229 e. The van der Waals surface area contributed by atoms with Crippen LogP contribution in [0.1, 0.15) is 70.5 Å². The first-order chi connectivity index (χ1) is 12.4. The van der Waals surface area contributed by atoms with Crippen LogP contribution in [0.4, 0.5) is 0 Å². The number of likely N-dealkylation sites (tertiary alicyclic amines) is 1. The molecular formula is C19H30N4O3. The van der Waals surface area contributed by atoms with Gasteiger partial charge in [0.1, 0.15) is 0 Å². The Morgan fingerprint density at radius 2 is 2.08 bits per heavy atom. The van der Waals surface area contributed by atoms with Gasteiger partial charge in [0.05, 0.1) is 0 Å². The summed E-state index contributed by atoms with van der Waals surface area (Å²) in [6.45, 7) is 7.64. The summed E-state index contributed by atoms with van der Waals surface area (Å²) in [5.41, 5.74) is 0. The summed E-state index contributed by atoms with van der Waals surface area (Å²) in [5, 5.41) is 4.01. The second-order valence-corrected chi connectivity index (χ2v) is 7.95. The zero-order valence-electron chi connectivity index (χ0n) is 16.1. The highest BCUT2D eigenvalue weighted by atomic mass is 16.5. The summed E-state index contributed by atoms with van der Waals surface area (Å²) < 4.78 is 5.24. The van der Waals surface area contributed by atoms with Crippen LogP contribution in [0, 0.1) is 5.92 Å². The van der Waals surface area contributed by atoms with Crippen molar-refractivity contribution < 1.29 is 14.1 Å². The van der Waals surface area contributed by atoms with Crippen molar-refractivity contribution in [2.75, 3.05) is 19.6 Å². The highest BCUT2D eigenvalue weighted by molar-refractivity contribution is 5.77. The fourth-order valence-electron chi connectivity index (χ4n) is 3.55. The van der Waals surface area contributed by atoms with Crippen LogP contribution < -0.4 is 0 Å². The summed E-state index contributed by atoms with van der Waals surface area (Å²) in [6.07, 6.45) is 5.51. The van der Waals surface area contributed by atoms with E-state index in [1.165, 1.54) is 12.8 Å². The van der Waals surface area contributed by atoms with Crippen LogP contribution in [0.2, 0.25) is 0 Å². The van der Waals surface area contributed by atoms with Gasteiger partial charge in [-0.15, -0.1) is 0 Å². The van der Waals surface area contributed by atoms with Crippen molar-refractivity contribution in [2.24, 2.45) is 5.92 Å². The first kappa shape index (κ1) is 18.9. The van der Waals surface area contributed by atoms with E-state index in [1.807, 2.05) is 23.6 Å². The van der Waals surface area contributed by atoms with Gasteiger partial charge in [0.15, 0.2) is 5.82 Å². The molecule has 1 unspecified atom stereocenters. The van der Waals surface area contributed by atoms with E-state index < -0.39 is 0 Å². The van der Waals surface area contributed by atoms with Gasteiger partial charge in [0.2, 0.25) is 17.7 Å². The largest absolute Gasteiger partial charge is 0.341 e. The van der Waals surface area contributed by atoms with E-state index in [9.17, 15) is 9.59 Å². The Bertz CT molecular complexity index is 638. The fourth-order valence-corrected chi connectivity index (χ4v) is 3.55. The molecule has 2 fully saturated rings. The molecule has 1 saturated heterocycles. The Morgan fingerprint density at radius 1 is 1.31 bits per heavy atom. The van der Waals surface area contributed by atoms with Crippen molar-refractivity contribution >= 4 is 11.8 Å². The Morgan fingerprint density at radius 3 is 2.69 bits per heavy atom. The molecule has 0 aromatic carbocycles. The minimum atomic E-state index is 0.0408. The lowest BCUT2D eigenvalue weighted by molar-refractivity contribution is -0.138. The lowest BCUT2D eigenvalue weighted by atomic mass is 10.0. The first-order valence-electron chi connectivity index (χ1n) is 9.81. The first-order valence-corrected chi connectivity index (χ1v) is 9.81. The van der Waals surface area contributed by atoms with E-state index in [4.69, 9.17) is 4.52 Å². The molecule has 0 N–H and O–H groups in total.